The van der Waals surface area contributed by atoms with E-state index in [2.05, 4.69) is 0 Å². The molecule has 0 atom stereocenters. The standard InChI is InChI=1S/C2H6O2.3NO3.H3N.H2O.Pr/c3-1-2-4;3*2-1(3)4;;;/h3-4H,1-2H2;;;;1H3;1H2;/q;3*-1;;;+3. The summed E-state index contributed by atoms with van der Waals surface area (Å²) < 4.78 is 0. The van der Waals surface area contributed by atoms with Gasteiger partial charge in [-0.2, -0.15) is 0 Å². The normalized spacial score (nSPS) is 5.37. The summed E-state index contributed by atoms with van der Waals surface area (Å²) in [6.45, 7) is -0.250. The van der Waals surface area contributed by atoms with Crippen LogP contribution in [0.4, 0.5) is 0 Å². The molecule has 0 saturated carbocycles. The molecule has 0 saturated heterocycles. The smallest absolute Gasteiger partial charge is 0.412 e. The maximum Gasteiger partial charge on any atom is 3.00 e. The fourth-order valence-corrected chi connectivity index (χ4v) is 0. The van der Waals surface area contributed by atoms with E-state index < -0.39 is 15.3 Å². The van der Waals surface area contributed by atoms with Gasteiger partial charge in [0.25, 0.3) is 0 Å². The summed E-state index contributed by atoms with van der Waals surface area (Å²) in [5.74, 6) is 0. The van der Waals surface area contributed by atoms with Crippen molar-refractivity contribution in [3.8, 4) is 0 Å². The van der Waals surface area contributed by atoms with Crippen LogP contribution in [0.15, 0.2) is 0 Å². The van der Waals surface area contributed by atoms with E-state index in [0.29, 0.717) is 0 Å². The molecule has 0 heterocycles. The summed E-state index contributed by atoms with van der Waals surface area (Å²) >= 11 is 0. The number of rotatable bonds is 1. The molecule has 0 aromatic rings. The summed E-state index contributed by atoms with van der Waals surface area (Å²) in [5, 5.41) is 59.5. The molecule has 0 aliphatic heterocycles. The van der Waals surface area contributed by atoms with Gasteiger partial charge in [0.05, 0.1) is 28.5 Å². The van der Waals surface area contributed by atoms with E-state index in [1.54, 1.807) is 0 Å². The third-order valence-corrected chi connectivity index (χ3v) is 0.1000. The zero-order valence-corrected chi connectivity index (χ0v) is 12.8. The Morgan fingerprint density at radius 1 is 0.684 bits per heavy atom. The van der Waals surface area contributed by atoms with Crippen LogP contribution in [0, 0.1) is 87.3 Å². The minimum atomic E-state index is -1.75. The van der Waals surface area contributed by atoms with Crippen LogP contribution in [0.25, 0.3) is 0 Å². The summed E-state index contributed by atoms with van der Waals surface area (Å²) in [4.78, 5) is 24.8. The van der Waals surface area contributed by atoms with Crippen LogP contribution < -0.4 is 6.15 Å². The Bertz CT molecular complexity index is 146. The molecule has 0 aliphatic rings. The summed E-state index contributed by atoms with van der Waals surface area (Å²) in [5.41, 5.74) is 0. The van der Waals surface area contributed by atoms with Crippen molar-refractivity contribution in [1.82, 2.24) is 6.15 Å². The van der Waals surface area contributed by atoms with Gasteiger partial charge in [0.1, 0.15) is 0 Å². The van der Waals surface area contributed by atoms with E-state index in [0.717, 1.165) is 0 Å². The predicted molar refractivity (Wildman–Crippen MR) is 53.9 cm³/mol. The molecule has 0 bridgehead atoms. The molecule has 0 aromatic heterocycles. The van der Waals surface area contributed by atoms with Crippen molar-refractivity contribution in [3.05, 3.63) is 46.0 Å². The van der Waals surface area contributed by atoms with E-state index in [1.165, 1.54) is 0 Å². The first-order chi connectivity index (χ1) is 7.11. The molecule has 19 heavy (non-hydrogen) atoms. The van der Waals surface area contributed by atoms with Crippen molar-refractivity contribution in [1.29, 1.82) is 0 Å². The summed E-state index contributed by atoms with van der Waals surface area (Å²) in [6, 6.07) is 0. The fraction of sp³-hybridized carbons (Fsp3) is 1.00. The van der Waals surface area contributed by atoms with Gasteiger partial charge in [-0.15, -0.1) is 0 Å². The molecule has 7 N–H and O–H groups in total. The summed E-state index contributed by atoms with van der Waals surface area (Å²) in [7, 11) is 0. The molecule has 0 aliphatic carbocycles. The number of aliphatic hydroxyl groups excluding tert-OH is 2. The molecule has 0 amide bonds. The van der Waals surface area contributed by atoms with Crippen molar-refractivity contribution in [3.63, 3.8) is 0 Å². The minimum Gasteiger partial charge on any atom is -0.412 e. The number of hydrogen-bond donors (Lipinski definition) is 3. The van der Waals surface area contributed by atoms with Crippen molar-refractivity contribution >= 4 is 0 Å². The number of nitrogens with zero attached hydrogens (tertiary/aromatic N) is 3. The molecule has 0 radical (unpaired) electrons. The van der Waals surface area contributed by atoms with Crippen molar-refractivity contribution in [2.24, 2.45) is 0 Å². The van der Waals surface area contributed by atoms with E-state index in [1.807, 2.05) is 0 Å². The van der Waals surface area contributed by atoms with E-state index >= 15 is 0 Å². The second-order valence-corrected chi connectivity index (χ2v) is 1.12. The maximum atomic E-state index is 8.25. The first kappa shape index (κ1) is 43.1. The van der Waals surface area contributed by atoms with Crippen LogP contribution in [0.3, 0.4) is 0 Å². The second kappa shape index (κ2) is 43.7. The van der Waals surface area contributed by atoms with Gasteiger partial charge in [0.15, 0.2) is 0 Å². The van der Waals surface area contributed by atoms with Gasteiger partial charge in [-0.25, -0.2) is 0 Å². The average molecular weight is 424 g/mol. The quantitative estimate of drug-likeness (QED) is 0.293. The summed E-state index contributed by atoms with van der Waals surface area (Å²) in [6.07, 6.45) is 0. The number of aliphatic hydroxyl groups is 2. The molecular formula is C2H11N4O12Pr. The zero-order valence-electron chi connectivity index (χ0n) is 9.11. The molecule has 0 fully saturated rings. The van der Waals surface area contributed by atoms with E-state index in [9.17, 15) is 0 Å². The van der Waals surface area contributed by atoms with Crippen LogP contribution in [0.2, 0.25) is 0 Å². The molecule has 0 aromatic carbocycles. The van der Waals surface area contributed by atoms with Crippen LogP contribution >= 0.6 is 0 Å². The van der Waals surface area contributed by atoms with Crippen LogP contribution in [-0.2, 0) is 0 Å². The van der Waals surface area contributed by atoms with Crippen LogP contribution in [-0.4, -0.2) is 44.2 Å². The van der Waals surface area contributed by atoms with Gasteiger partial charge >= 0.3 is 41.3 Å². The Morgan fingerprint density at radius 3 is 0.737 bits per heavy atom. The molecule has 0 spiro atoms. The van der Waals surface area contributed by atoms with Crippen molar-refractivity contribution < 1.29 is 72.2 Å². The van der Waals surface area contributed by atoms with Crippen LogP contribution in [0.1, 0.15) is 0 Å². The SMILES string of the molecule is N.O.O=[N+]([O-])[O-].O=[N+]([O-])[O-].O=[N+]([O-])[O-].OCCO.[Pr+3]. The van der Waals surface area contributed by atoms with Gasteiger partial charge < -0.3 is 67.8 Å². The van der Waals surface area contributed by atoms with Gasteiger partial charge in [0.2, 0.25) is 0 Å². The Kier molecular flexibility index (Phi) is 99.0. The largest absolute Gasteiger partial charge is 3.00 e. The number of hydrogen-bond acceptors (Lipinski definition) is 12. The van der Waals surface area contributed by atoms with Gasteiger partial charge in [0, 0.05) is 0 Å². The fourth-order valence-electron chi connectivity index (χ4n) is 0. The first-order valence-electron chi connectivity index (χ1n) is 2.78. The van der Waals surface area contributed by atoms with E-state index in [-0.39, 0.29) is 66.1 Å². The molecule has 0 rings (SSSR count). The predicted octanol–water partition coefficient (Wildman–Crippen LogP) is -2.41. The zero-order chi connectivity index (χ0) is 14.1. The Balaban J connectivity index is -0.0000000192. The molecule has 16 nitrogen and oxygen atoms in total. The Labute approximate surface area is 137 Å². The maximum absolute atomic E-state index is 8.25. The molecule has 114 valence electrons. The molecular weight excluding hydrogens is 413 g/mol. The van der Waals surface area contributed by atoms with Gasteiger partial charge in [-0.1, -0.05) is 0 Å². The van der Waals surface area contributed by atoms with Crippen LogP contribution in [0.5, 0.6) is 0 Å². The molecule has 0 unspecified atom stereocenters. The monoisotopic (exact) mass is 424 g/mol. The second-order valence-electron chi connectivity index (χ2n) is 1.12. The molecule has 17 heteroatoms. The Hall–Kier alpha value is -1.20. The van der Waals surface area contributed by atoms with E-state index in [4.69, 9.17) is 56.2 Å². The van der Waals surface area contributed by atoms with Crippen molar-refractivity contribution in [2.45, 2.75) is 0 Å². The third kappa shape index (κ3) is 95500. The van der Waals surface area contributed by atoms with Gasteiger partial charge in [-0.3, -0.25) is 0 Å². The minimum absolute atomic E-state index is 0. The van der Waals surface area contributed by atoms with Crippen molar-refractivity contribution in [2.75, 3.05) is 13.2 Å². The topological polar surface area (TPSA) is 306 Å². The van der Waals surface area contributed by atoms with Gasteiger partial charge in [-0.05, 0) is 0 Å². The third-order valence-electron chi connectivity index (χ3n) is 0.1000. The first-order valence-corrected chi connectivity index (χ1v) is 2.78. The average Bonchev–Trinajstić information content (AvgIpc) is 2.00. The Morgan fingerprint density at radius 2 is 0.737 bits per heavy atom.